The van der Waals surface area contributed by atoms with Crippen molar-refractivity contribution in [2.45, 2.75) is 39.8 Å². The van der Waals surface area contributed by atoms with Gasteiger partial charge in [-0.25, -0.2) is 9.38 Å². The Morgan fingerprint density at radius 3 is 2.36 bits per heavy atom. The minimum Gasteiger partial charge on any atom is -0.375 e. The number of benzene rings is 1. The quantitative estimate of drug-likeness (QED) is 0.444. The van der Waals surface area contributed by atoms with Gasteiger partial charge in [0.1, 0.15) is 5.82 Å². The lowest BCUT2D eigenvalue weighted by Crippen LogP contribution is -2.47. The van der Waals surface area contributed by atoms with Crippen molar-refractivity contribution in [3.63, 3.8) is 0 Å². The highest BCUT2D eigenvalue weighted by molar-refractivity contribution is 14.0. The Kier molecular flexibility index (Phi) is 8.73. The number of anilines is 1. The van der Waals surface area contributed by atoms with Crippen molar-refractivity contribution in [3.8, 4) is 0 Å². The summed E-state index contributed by atoms with van der Waals surface area (Å²) >= 11 is 0. The lowest BCUT2D eigenvalue weighted by molar-refractivity contribution is 0.501. The SMILES string of the molecule is CCNC(=NCc1ccc(N(C)C)c(F)c1)NC(C)(C)C.I. The molecule has 0 saturated heterocycles. The zero-order valence-electron chi connectivity index (χ0n) is 14.3. The van der Waals surface area contributed by atoms with Gasteiger partial charge in [0.25, 0.3) is 0 Å². The van der Waals surface area contributed by atoms with Crippen LogP contribution >= 0.6 is 24.0 Å². The Morgan fingerprint density at radius 1 is 1.27 bits per heavy atom. The fourth-order valence-corrected chi connectivity index (χ4v) is 1.84. The molecule has 0 radical (unpaired) electrons. The summed E-state index contributed by atoms with van der Waals surface area (Å²) in [6.07, 6.45) is 0. The van der Waals surface area contributed by atoms with E-state index in [0.717, 1.165) is 18.1 Å². The number of guanidine groups is 1. The van der Waals surface area contributed by atoms with Gasteiger partial charge in [-0.2, -0.15) is 0 Å². The normalized spacial score (nSPS) is 11.7. The van der Waals surface area contributed by atoms with Crippen LogP contribution in [0.1, 0.15) is 33.3 Å². The zero-order valence-corrected chi connectivity index (χ0v) is 16.7. The summed E-state index contributed by atoms with van der Waals surface area (Å²) < 4.78 is 13.9. The summed E-state index contributed by atoms with van der Waals surface area (Å²) in [6, 6.07) is 5.23. The molecule has 0 aromatic heterocycles. The molecule has 0 atom stereocenters. The van der Waals surface area contributed by atoms with Crippen LogP contribution in [-0.4, -0.2) is 32.1 Å². The second kappa shape index (κ2) is 9.17. The lowest BCUT2D eigenvalue weighted by atomic mass is 10.1. The molecule has 0 aliphatic heterocycles. The second-order valence-electron chi connectivity index (χ2n) is 6.25. The van der Waals surface area contributed by atoms with Crippen molar-refractivity contribution in [1.29, 1.82) is 0 Å². The van der Waals surface area contributed by atoms with Crippen LogP contribution in [0.15, 0.2) is 23.2 Å². The molecule has 22 heavy (non-hydrogen) atoms. The van der Waals surface area contributed by atoms with E-state index in [-0.39, 0.29) is 35.3 Å². The van der Waals surface area contributed by atoms with E-state index in [0.29, 0.717) is 12.2 Å². The molecular weight excluding hydrogens is 394 g/mol. The maximum atomic E-state index is 13.9. The molecule has 0 unspecified atom stereocenters. The van der Waals surface area contributed by atoms with Crippen molar-refractivity contribution >= 4 is 35.6 Å². The van der Waals surface area contributed by atoms with Crippen LogP contribution in [-0.2, 0) is 6.54 Å². The van der Waals surface area contributed by atoms with Crippen LogP contribution in [0, 0.1) is 5.82 Å². The molecule has 0 amide bonds. The van der Waals surface area contributed by atoms with Gasteiger partial charge >= 0.3 is 0 Å². The van der Waals surface area contributed by atoms with Crippen LogP contribution < -0.4 is 15.5 Å². The van der Waals surface area contributed by atoms with Crippen molar-refractivity contribution in [1.82, 2.24) is 10.6 Å². The Bertz CT molecular complexity index is 495. The summed E-state index contributed by atoms with van der Waals surface area (Å²) in [5.74, 6) is 0.517. The van der Waals surface area contributed by atoms with Gasteiger partial charge in [0, 0.05) is 26.2 Å². The molecule has 0 aliphatic carbocycles. The highest BCUT2D eigenvalue weighted by Gasteiger charge is 2.11. The van der Waals surface area contributed by atoms with Crippen molar-refractivity contribution in [3.05, 3.63) is 29.6 Å². The van der Waals surface area contributed by atoms with E-state index < -0.39 is 0 Å². The minimum atomic E-state index is -0.221. The van der Waals surface area contributed by atoms with Gasteiger partial charge in [-0.3, -0.25) is 0 Å². The van der Waals surface area contributed by atoms with E-state index in [1.54, 1.807) is 17.0 Å². The summed E-state index contributed by atoms with van der Waals surface area (Å²) in [5, 5.41) is 6.50. The van der Waals surface area contributed by atoms with Gasteiger partial charge in [0.05, 0.1) is 12.2 Å². The standard InChI is InChI=1S/C16H27FN4.HI/c1-7-18-15(20-16(2,3)4)19-11-12-8-9-14(21(5)6)13(17)10-12;/h8-10H,7,11H2,1-6H3,(H2,18,19,20);1H. The highest BCUT2D eigenvalue weighted by atomic mass is 127. The topological polar surface area (TPSA) is 39.7 Å². The first-order valence-electron chi connectivity index (χ1n) is 7.25. The molecular formula is C16H28FIN4. The summed E-state index contributed by atoms with van der Waals surface area (Å²) in [5.41, 5.74) is 1.37. The average Bonchev–Trinajstić information content (AvgIpc) is 2.34. The van der Waals surface area contributed by atoms with Gasteiger partial charge in [0.2, 0.25) is 0 Å². The first-order chi connectivity index (χ1) is 9.73. The number of aliphatic imine (C=N–C) groups is 1. The number of rotatable bonds is 4. The second-order valence-corrected chi connectivity index (χ2v) is 6.25. The van der Waals surface area contributed by atoms with E-state index in [1.807, 2.05) is 27.1 Å². The zero-order chi connectivity index (χ0) is 16.0. The van der Waals surface area contributed by atoms with Gasteiger partial charge in [-0.1, -0.05) is 6.07 Å². The van der Waals surface area contributed by atoms with Gasteiger partial charge < -0.3 is 15.5 Å². The molecule has 126 valence electrons. The average molecular weight is 422 g/mol. The molecule has 0 spiro atoms. The first-order valence-corrected chi connectivity index (χ1v) is 7.25. The Labute approximate surface area is 150 Å². The maximum Gasteiger partial charge on any atom is 0.191 e. The molecule has 1 aromatic rings. The number of hydrogen-bond donors (Lipinski definition) is 2. The Hall–Kier alpha value is -1.05. The predicted octanol–water partition coefficient (Wildman–Crippen LogP) is 3.36. The Morgan fingerprint density at radius 2 is 1.91 bits per heavy atom. The molecule has 0 bridgehead atoms. The fraction of sp³-hybridized carbons (Fsp3) is 0.562. The van der Waals surface area contributed by atoms with Crippen LogP contribution in [0.2, 0.25) is 0 Å². The molecule has 0 aliphatic rings. The van der Waals surface area contributed by atoms with Gasteiger partial charge in [-0.15, -0.1) is 24.0 Å². The summed E-state index contributed by atoms with van der Waals surface area (Å²) in [4.78, 5) is 6.26. The van der Waals surface area contributed by atoms with Crippen molar-refractivity contribution in [2.24, 2.45) is 4.99 Å². The third kappa shape index (κ3) is 7.29. The third-order valence-electron chi connectivity index (χ3n) is 2.75. The summed E-state index contributed by atoms with van der Waals surface area (Å²) in [6.45, 7) is 9.47. The molecule has 2 N–H and O–H groups in total. The lowest BCUT2D eigenvalue weighted by Gasteiger charge is -2.23. The highest BCUT2D eigenvalue weighted by Crippen LogP contribution is 2.18. The third-order valence-corrected chi connectivity index (χ3v) is 2.75. The molecule has 0 saturated carbocycles. The monoisotopic (exact) mass is 422 g/mol. The molecule has 4 nitrogen and oxygen atoms in total. The molecule has 1 aromatic carbocycles. The van der Waals surface area contributed by atoms with Gasteiger partial charge in [-0.05, 0) is 45.4 Å². The molecule has 1 rings (SSSR count). The van der Waals surface area contributed by atoms with E-state index in [2.05, 4.69) is 36.4 Å². The van der Waals surface area contributed by atoms with Crippen molar-refractivity contribution in [2.75, 3.05) is 25.5 Å². The minimum absolute atomic E-state index is 0. The first kappa shape index (κ1) is 20.9. The van der Waals surface area contributed by atoms with Crippen LogP contribution in [0.5, 0.6) is 0 Å². The van der Waals surface area contributed by atoms with Crippen molar-refractivity contribution < 1.29 is 4.39 Å². The largest absolute Gasteiger partial charge is 0.375 e. The molecule has 6 heteroatoms. The van der Waals surface area contributed by atoms with Crippen LogP contribution in [0.3, 0.4) is 0 Å². The number of nitrogens with zero attached hydrogens (tertiary/aromatic N) is 2. The van der Waals surface area contributed by atoms with E-state index in [4.69, 9.17) is 0 Å². The number of hydrogen-bond acceptors (Lipinski definition) is 2. The van der Waals surface area contributed by atoms with Crippen LogP contribution in [0.4, 0.5) is 10.1 Å². The number of nitrogens with one attached hydrogen (secondary N) is 2. The molecule has 0 fully saturated rings. The smallest absolute Gasteiger partial charge is 0.191 e. The fourth-order valence-electron chi connectivity index (χ4n) is 1.84. The molecule has 0 heterocycles. The Balaban J connectivity index is 0.00000441. The van der Waals surface area contributed by atoms with Gasteiger partial charge in [0.15, 0.2) is 5.96 Å². The van der Waals surface area contributed by atoms with E-state index in [1.165, 1.54) is 0 Å². The maximum absolute atomic E-state index is 13.9. The summed E-state index contributed by atoms with van der Waals surface area (Å²) in [7, 11) is 3.65. The number of halogens is 2. The van der Waals surface area contributed by atoms with Crippen LogP contribution in [0.25, 0.3) is 0 Å². The predicted molar refractivity (Wildman–Crippen MR) is 104 cm³/mol. The van der Waals surface area contributed by atoms with E-state index >= 15 is 0 Å². The van der Waals surface area contributed by atoms with E-state index in [9.17, 15) is 4.39 Å².